The number of ether oxygens (including phenoxy) is 1. The van der Waals surface area contributed by atoms with Crippen LogP contribution in [0.5, 0.6) is 0 Å². The fraction of sp³-hybridized carbons (Fsp3) is 0.316. The molecule has 1 atom stereocenters. The van der Waals surface area contributed by atoms with E-state index in [9.17, 15) is 12.8 Å². The largest absolute Gasteiger partial charge is 0.377 e. The summed E-state index contributed by atoms with van der Waals surface area (Å²) >= 11 is 1.27. The summed E-state index contributed by atoms with van der Waals surface area (Å²) in [5.41, 5.74) is 1.08. The Bertz CT molecular complexity index is 1380. The molecule has 30 heavy (non-hydrogen) atoms. The number of H-pyrrole nitrogens is 1. The van der Waals surface area contributed by atoms with Gasteiger partial charge in [-0.1, -0.05) is 0 Å². The number of sulfone groups is 1. The Morgan fingerprint density at radius 3 is 2.97 bits per heavy atom. The zero-order valence-corrected chi connectivity index (χ0v) is 17.8. The van der Waals surface area contributed by atoms with E-state index in [0.29, 0.717) is 46.7 Å². The summed E-state index contributed by atoms with van der Waals surface area (Å²) in [5.74, 6) is -0.0223. The average molecular weight is 448 g/mol. The smallest absolute Gasteiger partial charge is 0.224 e. The van der Waals surface area contributed by atoms with Crippen LogP contribution >= 0.6 is 11.3 Å². The highest BCUT2D eigenvalue weighted by Crippen LogP contribution is 2.38. The maximum Gasteiger partial charge on any atom is 0.224 e. The third-order valence-corrected chi connectivity index (χ3v) is 7.41. The molecule has 1 saturated heterocycles. The van der Waals surface area contributed by atoms with Crippen LogP contribution in [0.4, 0.5) is 10.2 Å². The van der Waals surface area contributed by atoms with Crippen LogP contribution in [0, 0.1) is 5.95 Å². The van der Waals surface area contributed by atoms with Gasteiger partial charge in [-0.05, 0) is 13.0 Å². The number of rotatable bonds is 3. The molecule has 0 bridgehead atoms. The summed E-state index contributed by atoms with van der Waals surface area (Å²) in [5, 5.41) is 2.15. The zero-order valence-electron chi connectivity index (χ0n) is 16.2. The summed E-state index contributed by atoms with van der Waals surface area (Å²) < 4.78 is 45.8. The first-order chi connectivity index (χ1) is 14.3. The van der Waals surface area contributed by atoms with Crippen LogP contribution in [0.1, 0.15) is 6.92 Å². The van der Waals surface area contributed by atoms with Gasteiger partial charge in [0.05, 0.1) is 41.2 Å². The van der Waals surface area contributed by atoms with E-state index in [4.69, 9.17) is 9.72 Å². The molecule has 8 nitrogen and oxygen atoms in total. The third-order valence-electron chi connectivity index (χ3n) is 5.19. The van der Waals surface area contributed by atoms with Gasteiger partial charge in [0.25, 0.3) is 0 Å². The lowest BCUT2D eigenvalue weighted by Crippen LogP contribution is -2.44. The van der Waals surface area contributed by atoms with Crippen LogP contribution in [0.3, 0.4) is 0 Å². The monoisotopic (exact) mass is 447 g/mol. The fourth-order valence-corrected chi connectivity index (χ4v) is 5.99. The number of hydrogen-bond donors (Lipinski definition) is 1. The second kappa shape index (κ2) is 6.96. The number of aromatic nitrogens is 4. The van der Waals surface area contributed by atoms with Crippen molar-refractivity contribution < 1.29 is 17.5 Å². The molecule has 0 aromatic carbocycles. The molecule has 5 heterocycles. The maximum atomic E-state index is 14.8. The summed E-state index contributed by atoms with van der Waals surface area (Å²) in [6, 6.07) is 1.75. The molecule has 11 heteroatoms. The number of nitrogens with one attached hydrogen (secondary N) is 1. The highest BCUT2D eigenvalue weighted by atomic mass is 32.2. The fourth-order valence-electron chi connectivity index (χ4n) is 3.71. The van der Waals surface area contributed by atoms with Crippen LogP contribution in [0.2, 0.25) is 0 Å². The zero-order chi connectivity index (χ0) is 21.0. The Kier molecular flexibility index (Phi) is 4.49. The average Bonchev–Trinajstić information content (AvgIpc) is 3.34. The van der Waals surface area contributed by atoms with E-state index in [1.165, 1.54) is 17.5 Å². The van der Waals surface area contributed by atoms with Gasteiger partial charge in [0.2, 0.25) is 5.95 Å². The predicted octanol–water partition coefficient (Wildman–Crippen LogP) is 3.00. The number of morpholine rings is 1. The molecule has 0 unspecified atom stereocenters. The molecular weight excluding hydrogens is 429 g/mol. The molecule has 0 radical (unpaired) electrons. The van der Waals surface area contributed by atoms with E-state index in [2.05, 4.69) is 19.9 Å². The van der Waals surface area contributed by atoms with E-state index in [1.54, 1.807) is 17.6 Å². The molecule has 5 rings (SSSR count). The molecule has 1 aliphatic rings. The van der Waals surface area contributed by atoms with Crippen molar-refractivity contribution >= 4 is 48.1 Å². The van der Waals surface area contributed by atoms with Crippen LogP contribution in [-0.4, -0.2) is 60.4 Å². The summed E-state index contributed by atoms with van der Waals surface area (Å²) in [7, 11) is -3.53. The van der Waals surface area contributed by atoms with Gasteiger partial charge < -0.3 is 14.6 Å². The van der Waals surface area contributed by atoms with Gasteiger partial charge in [-0.25, -0.2) is 23.4 Å². The van der Waals surface area contributed by atoms with Gasteiger partial charge in [-0.3, -0.25) is 0 Å². The van der Waals surface area contributed by atoms with Crippen molar-refractivity contribution in [1.29, 1.82) is 0 Å². The Hall–Kier alpha value is -2.63. The number of pyridine rings is 1. The number of thiophene rings is 1. The van der Waals surface area contributed by atoms with Crippen molar-refractivity contribution in [2.75, 3.05) is 30.9 Å². The number of aromatic amines is 1. The topological polar surface area (TPSA) is 101 Å². The lowest BCUT2D eigenvalue weighted by molar-refractivity contribution is 0.0987. The third kappa shape index (κ3) is 3.04. The van der Waals surface area contributed by atoms with Crippen molar-refractivity contribution in [3.63, 3.8) is 0 Å². The van der Waals surface area contributed by atoms with Crippen molar-refractivity contribution in [2.24, 2.45) is 0 Å². The lowest BCUT2D eigenvalue weighted by Gasteiger charge is -2.34. The van der Waals surface area contributed by atoms with E-state index in [0.717, 1.165) is 6.26 Å². The van der Waals surface area contributed by atoms with E-state index in [1.807, 2.05) is 6.92 Å². The van der Waals surface area contributed by atoms with Crippen LogP contribution < -0.4 is 4.90 Å². The minimum atomic E-state index is -3.53. The molecule has 4 aromatic heterocycles. The van der Waals surface area contributed by atoms with E-state index >= 15 is 0 Å². The highest BCUT2D eigenvalue weighted by molar-refractivity contribution is 7.91. The molecule has 0 amide bonds. The Balaban J connectivity index is 1.85. The summed E-state index contributed by atoms with van der Waals surface area (Å²) in [6.45, 7) is 3.65. The van der Waals surface area contributed by atoms with E-state index in [-0.39, 0.29) is 22.3 Å². The number of halogens is 1. The van der Waals surface area contributed by atoms with Gasteiger partial charge in [0.1, 0.15) is 10.4 Å². The normalized spacial score (nSPS) is 17.8. The van der Waals surface area contributed by atoms with Crippen LogP contribution in [0.15, 0.2) is 28.7 Å². The Morgan fingerprint density at radius 2 is 2.20 bits per heavy atom. The number of hydrogen-bond acceptors (Lipinski definition) is 8. The van der Waals surface area contributed by atoms with Gasteiger partial charge >= 0.3 is 0 Å². The molecule has 1 N–H and O–H groups in total. The van der Waals surface area contributed by atoms with Crippen molar-refractivity contribution in [2.45, 2.75) is 17.9 Å². The van der Waals surface area contributed by atoms with Crippen molar-refractivity contribution in [1.82, 2.24) is 19.9 Å². The first-order valence-corrected chi connectivity index (χ1v) is 12.1. The molecule has 156 valence electrons. The standard InChI is InChI=1S/C19H18FN5O3S2/c1-10-8-28-6-5-25(10)19-16-15(13(9-29-16)30(2,26)27)23-18(24-19)14-11-3-4-21-12(11)7-22-17(14)20/h3-4,7,9-10,21H,5-6,8H2,1-2H3/t10-/m1/s1. The van der Waals surface area contributed by atoms with Gasteiger partial charge in [0.15, 0.2) is 21.5 Å². The molecule has 4 aromatic rings. The molecular formula is C19H18FN5O3S2. The molecule has 0 saturated carbocycles. The molecule has 1 fully saturated rings. The highest BCUT2D eigenvalue weighted by Gasteiger charge is 2.28. The van der Waals surface area contributed by atoms with E-state index < -0.39 is 15.8 Å². The SMILES string of the molecule is C[C@@H]1COCCN1c1nc(-c2c(F)ncc3[nH]ccc23)nc2c(S(C)(=O)=O)csc12. The predicted molar refractivity (Wildman–Crippen MR) is 113 cm³/mol. The Morgan fingerprint density at radius 1 is 1.37 bits per heavy atom. The molecule has 0 spiro atoms. The van der Waals surface area contributed by atoms with Crippen LogP contribution in [-0.2, 0) is 14.6 Å². The lowest BCUT2D eigenvalue weighted by atomic mass is 10.1. The first-order valence-electron chi connectivity index (χ1n) is 9.30. The van der Waals surface area contributed by atoms with Gasteiger partial charge in [0, 0.05) is 29.8 Å². The maximum absolute atomic E-state index is 14.8. The quantitative estimate of drug-likeness (QED) is 0.482. The van der Waals surface area contributed by atoms with Crippen molar-refractivity contribution in [3.8, 4) is 11.4 Å². The van der Waals surface area contributed by atoms with Crippen molar-refractivity contribution in [3.05, 3.63) is 29.8 Å². The van der Waals surface area contributed by atoms with Gasteiger partial charge in [-0.15, -0.1) is 11.3 Å². The second-order valence-electron chi connectivity index (χ2n) is 7.27. The van der Waals surface area contributed by atoms with Gasteiger partial charge in [-0.2, -0.15) is 4.39 Å². The Labute approximate surface area is 175 Å². The minimum absolute atomic E-state index is 0.0273. The molecule has 0 aliphatic carbocycles. The second-order valence-corrected chi connectivity index (χ2v) is 10.1. The number of anilines is 1. The summed E-state index contributed by atoms with van der Waals surface area (Å²) in [4.78, 5) is 18.2. The molecule has 1 aliphatic heterocycles. The summed E-state index contributed by atoms with van der Waals surface area (Å²) in [6.07, 6.45) is 4.23. The van der Waals surface area contributed by atoms with Crippen LogP contribution in [0.25, 0.3) is 32.5 Å². The number of nitrogens with zero attached hydrogens (tertiary/aromatic N) is 4. The first kappa shape index (κ1) is 19.3. The minimum Gasteiger partial charge on any atom is -0.377 e. The number of fused-ring (bicyclic) bond motifs is 2.